The van der Waals surface area contributed by atoms with Crippen molar-refractivity contribution in [2.75, 3.05) is 67.1 Å². The predicted octanol–water partition coefficient (Wildman–Crippen LogP) is 6.16. The van der Waals surface area contributed by atoms with E-state index in [1.807, 2.05) is 46.2 Å². The van der Waals surface area contributed by atoms with E-state index in [0.717, 1.165) is 37.6 Å². The first-order chi connectivity index (χ1) is 20.9. The van der Waals surface area contributed by atoms with Gasteiger partial charge in [0.15, 0.2) is 5.16 Å². The molecule has 2 saturated heterocycles. The van der Waals surface area contributed by atoms with Gasteiger partial charge in [-0.1, -0.05) is 65.8 Å². The van der Waals surface area contributed by atoms with Crippen LogP contribution in [0.15, 0.2) is 84.0 Å². The number of piperazine rings is 2. The topological polar surface area (TPSA) is 55.8 Å². The average molecular weight is 617 g/mol. The van der Waals surface area contributed by atoms with Crippen molar-refractivity contribution in [3.05, 3.63) is 107 Å². The Kier molecular flexibility index (Phi) is 9.00. The van der Waals surface area contributed by atoms with Crippen molar-refractivity contribution >= 4 is 46.5 Å². The number of anilines is 3. The Balaban J connectivity index is 1.05. The first-order valence-electron chi connectivity index (χ1n) is 14.6. The monoisotopic (exact) mass is 616 g/mol. The molecule has 6 rings (SSSR count). The zero-order chi connectivity index (χ0) is 29.8. The summed E-state index contributed by atoms with van der Waals surface area (Å²) < 4.78 is 14.2. The molecule has 0 N–H and O–H groups in total. The molecule has 2 aliphatic heterocycles. The van der Waals surface area contributed by atoms with E-state index >= 15 is 0 Å². The van der Waals surface area contributed by atoms with Crippen LogP contribution in [-0.4, -0.2) is 73.1 Å². The molecule has 10 heteroatoms. The standard InChI is InChI=1S/C33H34ClFN6OS/c1-24-7-2-4-11-28(24)38-13-17-40(18-14-38)31-22-30(34)36-33(37-31)43-23-25-8-6-9-26(21-25)32(42)41-19-15-39(16-20-41)29-12-5-3-10-27(29)35/h2-12,21-22H,13-20,23H2,1H3. The Hall–Kier alpha value is -3.82. The first kappa shape index (κ1) is 29.3. The molecule has 43 heavy (non-hydrogen) atoms. The predicted molar refractivity (Wildman–Crippen MR) is 173 cm³/mol. The van der Waals surface area contributed by atoms with Crippen molar-refractivity contribution in [2.45, 2.75) is 17.8 Å². The smallest absolute Gasteiger partial charge is 0.253 e. The highest BCUT2D eigenvalue weighted by Crippen LogP contribution is 2.28. The second-order valence-electron chi connectivity index (χ2n) is 10.8. The van der Waals surface area contributed by atoms with Crippen LogP contribution in [0.2, 0.25) is 5.15 Å². The molecule has 0 atom stereocenters. The van der Waals surface area contributed by atoms with Crippen molar-refractivity contribution in [2.24, 2.45) is 0 Å². The minimum atomic E-state index is -0.232. The molecule has 3 aromatic carbocycles. The lowest BCUT2D eigenvalue weighted by molar-refractivity contribution is 0.0746. The summed E-state index contributed by atoms with van der Waals surface area (Å²) >= 11 is 7.94. The number of carbonyl (C=O) groups is 1. The van der Waals surface area contributed by atoms with Crippen molar-refractivity contribution in [1.29, 1.82) is 0 Å². The van der Waals surface area contributed by atoms with E-state index in [1.165, 1.54) is 29.1 Å². The van der Waals surface area contributed by atoms with E-state index in [0.29, 0.717) is 53.5 Å². The van der Waals surface area contributed by atoms with Gasteiger partial charge in [-0.25, -0.2) is 14.4 Å². The van der Waals surface area contributed by atoms with Gasteiger partial charge in [0, 0.05) is 75.4 Å². The molecule has 7 nitrogen and oxygen atoms in total. The highest BCUT2D eigenvalue weighted by atomic mass is 35.5. The van der Waals surface area contributed by atoms with Crippen molar-refractivity contribution in [1.82, 2.24) is 14.9 Å². The minimum Gasteiger partial charge on any atom is -0.368 e. The van der Waals surface area contributed by atoms with Crippen LogP contribution in [0.1, 0.15) is 21.5 Å². The Morgan fingerprint density at radius 1 is 0.791 bits per heavy atom. The van der Waals surface area contributed by atoms with Gasteiger partial charge in [0.1, 0.15) is 16.8 Å². The number of aryl methyl sites for hydroxylation is 1. The molecule has 3 heterocycles. The maximum atomic E-state index is 14.2. The van der Waals surface area contributed by atoms with Gasteiger partial charge in [0.2, 0.25) is 0 Å². The summed E-state index contributed by atoms with van der Waals surface area (Å²) in [7, 11) is 0. The molecule has 1 amide bonds. The number of para-hydroxylation sites is 2. The van der Waals surface area contributed by atoms with Crippen LogP contribution in [0.5, 0.6) is 0 Å². The third-order valence-corrected chi connectivity index (χ3v) is 9.13. The zero-order valence-corrected chi connectivity index (χ0v) is 25.7. The summed E-state index contributed by atoms with van der Waals surface area (Å²) in [6.45, 7) is 7.96. The molecule has 0 radical (unpaired) electrons. The third-order valence-electron chi connectivity index (χ3n) is 8.02. The number of benzene rings is 3. The van der Waals surface area contributed by atoms with E-state index in [1.54, 1.807) is 12.1 Å². The fraction of sp³-hybridized carbons (Fsp3) is 0.303. The number of hydrogen-bond donors (Lipinski definition) is 0. The highest BCUT2D eigenvalue weighted by molar-refractivity contribution is 7.98. The Labute approximate surface area is 261 Å². The molecular weight excluding hydrogens is 583 g/mol. The van der Waals surface area contributed by atoms with Crippen LogP contribution in [0.25, 0.3) is 0 Å². The zero-order valence-electron chi connectivity index (χ0n) is 24.1. The van der Waals surface area contributed by atoms with Crippen molar-refractivity contribution in [3.8, 4) is 0 Å². The minimum absolute atomic E-state index is 0.00818. The van der Waals surface area contributed by atoms with Gasteiger partial charge in [0.05, 0.1) is 5.69 Å². The summed E-state index contributed by atoms with van der Waals surface area (Å²) in [5.41, 5.74) is 4.82. The number of halogens is 2. The fourth-order valence-electron chi connectivity index (χ4n) is 5.69. The number of hydrogen-bond acceptors (Lipinski definition) is 7. The normalized spacial score (nSPS) is 15.6. The van der Waals surface area contributed by atoms with Gasteiger partial charge < -0.3 is 19.6 Å². The van der Waals surface area contributed by atoms with Crippen LogP contribution in [0.3, 0.4) is 0 Å². The molecule has 0 bridgehead atoms. The quantitative estimate of drug-likeness (QED) is 0.140. The van der Waals surface area contributed by atoms with Gasteiger partial charge in [0.25, 0.3) is 5.91 Å². The Morgan fingerprint density at radius 2 is 1.44 bits per heavy atom. The Bertz CT molecular complexity index is 1590. The fourth-order valence-corrected chi connectivity index (χ4v) is 6.71. The van der Waals surface area contributed by atoms with Crippen LogP contribution in [0, 0.1) is 12.7 Å². The van der Waals surface area contributed by atoms with Gasteiger partial charge >= 0.3 is 0 Å². The van der Waals surface area contributed by atoms with E-state index in [9.17, 15) is 9.18 Å². The maximum Gasteiger partial charge on any atom is 0.253 e. The van der Waals surface area contributed by atoms with Crippen molar-refractivity contribution < 1.29 is 9.18 Å². The van der Waals surface area contributed by atoms with Gasteiger partial charge in [-0.15, -0.1) is 0 Å². The molecule has 1 aromatic heterocycles. The first-order valence-corrected chi connectivity index (χ1v) is 15.9. The van der Waals surface area contributed by atoms with Crippen molar-refractivity contribution in [3.63, 3.8) is 0 Å². The van der Waals surface area contributed by atoms with Gasteiger partial charge in [-0.2, -0.15) is 0 Å². The average Bonchev–Trinajstić information content (AvgIpc) is 3.04. The molecule has 0 aliphatic carbocycles. The number of rotatable bonds is 7. The summed E-state index contributed by atoms with van der Waals surface area (Å²) in [6.07, 6.45) is 0. The molecule has 2 fully saturated rings. The van der Waals surface area contributed by atoms with Crippen LogP contribution >= 0.6 is 23.4 Å². The molecule has 2 aliphatic rings. The summed E-state index contributed by atoms with van der Waals surface area (Å²) in [4.78, 5) is 31.1. The molecule has 0 unspecified atom stereocenters. The lowest BCUT2D eigenvalue weighted by Crippen LogP contribution is -2.49. The SMILES string of the molecule is Cc1ccccc1N1CCN(c2cc(Cl)nc(SCc3cccc(C(=O)N4CCN(c5ccccc5F)CC4)c3)n2)CC1. The second kappa shape index (κ2) is 13.2. The van der Waals surface area contributed by atoms with E-state index in [2.05, 4.69) is 46.0 Å². The number of thioether (sulfide) groups is 1. The molecule has 4 aromatic rings. The number of carbonyl (C=O) groups excluding carboxylic acids is 1. The number of amides is 1. The maximum absolute atomic E-state index is 14.2. The molecular formula is C33H34ClFN6OS. The summed E-state index contributed by atoms with van der Waals surface area (Å²) in [5.74, 6) is 1.21. The largest absolute Gasteiger partial charge is 0.368 e. The lowest BCUT2D eigenvalue weighted by atomic mass is 10.1. The second-order valence-corrected chi connectivity index (χ2v) is 12.1. The van der Waals surface area contributed by atoms with Crippen LogP contribution < -0.4 is 14.7 Å². The Morgan fingerprint density at radius 3 is 2.19 bits per heavy atom. The summed E-state index contributed by atoms with van der Waals surface area (Å²) in [6, 6.07) is 24.8. The van der Waals surface area contributed by atoms with Gasteiger partial charge in [-0.05, 0) is 48.4 Å². The van der Waals surface area contributed by atoms with E-state index < -0.39 is 0 Å². The molecule has 222 valence electrons. The van der Waals surface area contributed by atoms with E-state index in [4.69, 9.17) is 16.6 Å². The van der Waals surface area contributed by atoms with Crippen LogP contribution in [0.4, 0.5) is 21.6 Å². The lowest BCUT2D eigenvalue weighted by Gasteiger charge is -2.37. The molecule has 0 saturated carbocycles. The van der Waals surface area contributed by atoms with Gasteiger partial charge in [-0.3, -0.25) is 4.79 Å². The third kappa shape index (κ3) is 6.89. The molecule has 0 spiro atoms. The number of nitrogens with zero attached hydrogens (tertiary/aromatic N) is 6. The highest BCUT2D eigenvalue weighted by Gasteiger charge is 2.24. The van der Waals surface area contributed by atoms with Crippen LogP contribution in [-0.2, 0) is 5.75 Å². The number of aromatic nitrogens is 2. The van der Waals surface area contributed by atoms with E-state index in [-0.39, 0.29) is 11.7 Å². The summed E-state index contributed by atoms with van der Waals surface area (Å²) in [5, 5.41) is 1.04.